The molecule has 0 bridgehead atoms. The van der Waals surface area contributed by atoms with Gasteiger partial charge >= 0.3 is 0 Å². The first-order valence-corrected chi connectivity index (χ1v) is 3.42. The summed E-state index contributed by atoms with van der Waals surface area (Å²) >= 11 is 0. The maximum Gasteiger partial charge on any atom is 0.143 e. The fourth-order valence-corrected chi connectivity index (χ4v) is 0.670. The van der Waals surface area contributed by atoms with Crippen molar-refractivity contribution in [1.82, 2.24) is 4.98 Å². The molecule has 0 unspecified atom stereocenters. The lowest BCUT2D eigenvalue weighted by atomic mass is 10.3. The third-order valence-corrected chi connectivity index (χ3v) is 1.13. The lowest BCUT2D eigenvalue weighted by Crippen LogP contribution is -1.86. The highest BCUT2D eigenvalue weighted by molar-refractivity contribution is 5.52. The SMILES string of the molecule is C/C=N/OCc1cccnc1. The van der Waals surface area contributed by atoms with Crippen LogP contribution in [0, 0.1) is 0 Å². The van der Waals surface area contributed by atoms with Crippen LogP contribution in [-0.4, -0.2) is 11.2 Å². The Morgan fingerprint density at radius 2 is 2.64 bits per heavy atom. The molecular weight excluding hydrogens is 140 g/mol. The first kappa shape index (κ1) is 7.72. The summed E-state index contributed by atoms with van der Waals surface area (Å²) < 4.78 is 0. The zero-order valence-electron chi connectivity index (χ0n) is 6.40. The Hall–Kier alpha value is -1.38. The minimum absolute atomic E-state index is 0.484. The largest absolute Gasteiger partial charge is 0.391 e. The second-order valence-electron chi connectivity index (χ2n) is 2.00. The number of oxime groups is 1. The van der Waals surface area contributed by atoms with Gasteiger partial charge in [-0.25, -0.2) is 0 Å². The van der Waals surface area contributed by atoms with Gasteiger partial charge in [-0.1, -0.05) is 11.2 Å². The Bertz CT molecular complexity index is 221. The lowest BCUT2D eigenvalue weighted by molar-refractivity contribution is 0.131. The third kappa shape index (κ3) is 2.80. The number of aromatic nitrogens is 1. The predicted octanol–water partition coefficient (Wildman–Crippen LogP) is 1.60. The van der Waals surface area contributed by atoms with Crippen molar-refractivity contribution < 1.29 is 4.84 Å². The van der Waals surface area contributed by atoms with Crippen LogP contribution < -0.4 is 0 Å². The van der Waals surface area contributed by atoms with Crippen LogP contribution in [0.25, 0.3) is 0 Å². The number of nitrogens with zero attached hydrogens (tertiary/aromatic N) is 2. The molecule has 0 aromatic carbocycles. The molecule has 0 radical (unpaired) electrons. The zero-order chi connectivity index (χ0) is 7.94. The van der Waals surface area contributed by atoms with Gasteiger partial charge in [-0.05, 0) is 13.0 Å². The fraction of sp³-hybridized carbons (Fsp3) is 0.250. The van der Waals surface area contributed by atoms with E-state index in [4.69, 9.17) is 4.84 Å². The molecular formula is C8H10N2O. The van der Waals surface area contributed by atoms with E-state index >= 15 is 0 Å². The molecule has 0 atom stereocenters. The highest BCUT2D eigenvalue weighted by atomic mass is 16.6. The summed E-state index contributed by atoms with van der Waals surface area (Å²) in [4.78, 5) is 8.83. The van der Waals surface area contributed by atoms with Gasteiger partial charge in [0.15, 0.2) is 0 Å². The molecule has 1 aromatic heterocycles. The number of pyridine rings is 1. The van der Waals surface area contributed by atoms with Crippen LogP contribution in [0.3, 0.4) is 0 Å². The van der Waals surface area contributed by atoms with E-state index in [1.54, 1.807) is 18.6 Å². The van der Waals surface area contributed by atoms with Gasteiger partial charge in [0.05, 0.1) is 0 Å². The molecule has 0 saturated carbocycles. The second kappa shape index (κ2) is 4.44. The minimum Gasteiger partial charge on any atom is -0.391 e. The summed E-state index contributed by atoms with van der Waals surface area (Å²) in [5.41, 5.74) is 1.03. The van der Waals surface area contributed by atoms with Gasteiger partial charge in [-0.3, -0.25) is 4.98 Å². The van der Waals surface area contributed by atoms with Gasteiger partial charge in [0.1, 0.15) is 6.61 Å². The summed E-state index contributed by atoms with van der Waals surface area (Å²) in [5, 5.41) is 3.61. The van der Waals surface area contributed by atoms with Crippen LogP contribution in [-0.2, 0) is 11.4 Å². The van der Waals surface area contributed by atoms with E-state index in [0.29, 0.717) is 6.61 Å². The van der Waals surface area contributed by atoms with E-state index in [1.165, 1.54) is 0 Å². The van der Waals surface area contributed by atoms with Gasteiger partial charge < -0.3 is 4.84 Å². The smallest absolute Gasteiger partial charge is 0.143 e. The molecule has 3 nitrogen and oxygen atoms in total. The van der Waals surface area contributed by atoms with E-state index in [0.717, 1.165) is 5.56 Å². The summed E-state index contributed by atoms with van der Waals surface area (Å²) in [6.45, 7) is 2.29. The summed E-state index contributed by atoms with van der Waals surface area (Å²) in [7, 11) is 0. The standard InChI is InChI=1S/C8H10N2O/c1-2-10-11-7-8-4-3-5-9-6-8/h2-6H,7H2,1H3/b10-2+. The molecule has 1 aromatic rings. The fourth-order valence-electron chi connectivity index (χ4n) is 0.670. The Kier molecular flexibility index (Phi) is 3.12. The Morgan fingerprint density at radius 3 is 3.27 bits per heavy atom. The van der Waals surface area contributed by atoms with Crippen LogP contribution in [0.1, 0.15) is 12.5 Å². The molecule has 0 amide bonds. The van der Waals surface area contributed by atoms with Crippen molar-refractivity contribution in [3.05, 3.63) is 30.1 Å². The second-order valence-corrected chi connectivity index (χ2v) is 2.00. The van der Waals surface area contributed by atoms with Gasteiger partial charge in [0, 0.05) is 24.2 Å². The predicted molar refractivity (Wildman–Crippen MR) is 43.2 cm³/mol. The summed E-state index contributed by atoms with van der Waals surface area (Å²) in [6, 6.07) is 3.81. The van der Waals surface area contributed by atoms with Crippen molar-refractivity contribution in [2.75, 3.05) is 0 Å². The van der Waals surface area contributed by atoms with Crippen molar-refractivity contribution in [1.29, 1.82) is 0 Å². The van der Waals surface area contributed by atoms with Crippen molar-refractivity contribution in [3.63, 3.8) is 0 Å². The molecule has 58 valence electrons. The molecule has 0 saturated heterocycles. The lowest BCUT2D eigenvalue weighted by Gasteiger charge is -1.96. The van der Waals surface area contributed by atoms with Crippen molar-refractivity contribution in [3.8, 4) is 0 Å². The molecule has 0 aliphatic carbocycles. The molecule has 0 spiro atoms. The Balaban J connectivity index is 2.39. The van der Waals surface area contributed by atoms with Crippen LogP contribution in [0.5, 0.6) is 0 Å². The quantitative estimate of drug-likeness (QED) is 0.484. The normalized spacial score (nSPS) is 10.3. The number of rotatable bonds is 3. The molecule has 0 N–H and O–H groups in total. The van der Waals surface area contributed by atoms with E-state index in [9.17, 15) is 0 Å². The average Bonchev–Trinajstić information content (AvgIpc) is 2.07. The molecule has 0 fully saturated rings. The van der Waals surface area contributed by atoms with Gasteiger partial charge in [0.25, 0.3) is 0 Å². The molecule has 0 aliphatic heterocycles. The monoisotopic (exact) mass is 150 g/mol. The maximum atomic E-state index is 4.90. The average molecular weight is 150 g/mol. The van der Waals surface area contributed by atoms with Crippen LogP contribution in [0.4, 0.5) is 0 Å². The van der Waals surface area contributed by atoms with E-state index in [-0.39, 0.29) is 0 Å². The molecule has 1 heterocycles. The van der Waals surface area contributed by atoms with Gasteiger partial charge in [0.2, 0.25) is 0 Å². The summed E-state index contributed by atoms with van der Waals surface area (Å²) in [6.07, 6.45) is 5.09. The maximum absolute atomic E-state index is 4.90. The number of hydrogen-bond acceptors (Lipinski definition) is 3. The van der Waals surface area contributed by atoms with Crippen LogP contribution in [0.15, 0.2) is 29.7 Å². The molecule has 11 heavy (non-hydrogen) atoms. The van der Waals surface area contributed by atoms with Gasteiger partial charge in [-0.2, -0.15) is 0 Å². The van der Waals surface area contributed by atoms with Crippen molar-refractivity contribution >= 4 is 6.21 Å². The first-order valence-electron chi connectivity index (χ1n) is 3.42. The Labute approximate surface area is 65.7 Å². The van der Waals surface area contributed by atoms with Crippen molar-refractivity contribution in [2.45, 2.75) is 13.5 Å². The van der Waals surface area contributed by atoms with E-state index in [2.05, 4.69) is 10.1 Å². The van der Waals surface area contributed by atoms with E-state index in [1.807, 2.05) is 19.1 Å². The van der Waals surface area contributed by atoms with E-state index < -0.39 is 0 Å². The van der Waals surface area contributed by atoms with Gasteiger partial charge in [-0.15, -0.1) is 0 Å². The Morgan fingerprint density at radius 1 is 1.73 bits per heavy atom. The third-order valence-electron chi connectivity index (χ3n) is 1.13. The highest BCUT2D eigenvalue weighted by Gasteiger charge is 1.88. The first-order chi connectivity index (χ1) is 5.43. The molecule has 0 aliphatic rings. The molecule has 3 heteroatoms. The zero-order valence-corrected chi connectivity index (χ0v) is 6.40. The van der Waals surface area contributed by atoms with Crippen molar-refractivity contribution in [2.24, 2.45) is 5.16 Å². The molecule has 1 rings (SSSR count). The van der Waals surface area contributed by atoms with Crippen LogP contribution in [0.2, 0.25) is 0 Å². The summed E-state index contributed by atoms with van der Waals surface area (Å²) in [5.74, 6) is 0. The van der Waals surface area contributed by atoms with Crippen LogP contribution >= 0.6 is 0 Å². The number of hydrogen-bond donors (Lipinski definition) is 0. The topological polar surface area (TPSA) is 34.5 Å². The minimum atomic E-state index is 0.484. The highest BCUT2D eigenvalue weighted by Crippen LogP contribution is 1.97.